The molecule has 0 aromatic carbocycles. The number of rotatable bonds is 1. The molecular weight excluding hydrogens is 262 g/mol. The Labute approximate surface area is 116 Å². The molecule has 0 saturated carbocycles. The lowest BCUT2D eigenvalue weighted by Crippen LogP contribution is -2.46. The van der Waals surface area contributed by atoms with E-state index < -0.39 is 5.79 Å². The standard InChI is InChI=1S/C12H19N5O3/c1-8-7-19-12(20-8)2-4-16(5-3-12)10-6-9(13)17(18)11(14)15-10/h6,8,14,18H,2-5,7,13H2,1H3. The summed E-state index contributed by atoms with van der Waals surface area (Å²) in [5, 5.41) is 17.0. The van der Waals surface area contributed by atoms with Gasteiger partial charge in [0.25, 0.3) is 5.62 Å². The van der Waals surface area contributed by atoms with E-state index in [0.29, 0.717) is 30.2 Å². The second-order valence-electron chi connectivity index (χ2n) is 5.31. The zero-order valence-electron chi connectivity index (χ0n) is 11.4. The molecule has 2 fully saturated rings. The predicted octanol–water partition coefficient (Wildman–Crippen LogP) is -0.0861. The molecule has 3 rings (SSSR count). The summed E-state index contributed by atoms with van der Waals surface area (Å²) in [7, 11) is 0. The third kappa shape index (κ3) is 2.20. The van der Waals surface area contributed by atoms with Crippen molar-refractivity contribution in [3.63, 3.8) is 0 Å². The molecular formula is C12H19N5O3. The number of aromatic nitrogens is 2. The molecule has 2 aliphatic rings. The third-order valence-corrected chi connectivity index (χ3v) is 3.79. The van der Waals surface area contributed by atoms with Crippen molar-refractivity contribution in [1.82, 2.24) is 9.71 Å². The number of hydrogen-bond acceptors (Lipinski definition) is 7. The number of ether oxygens (including phenoxy) is 2. The summed E-state index contributed by atoms with van der Waals surface area (Å²) in [6.45, 7) is 4.08. The van der Waals surface area contributed by atoms with E-state index in [-0.39, 0.29) is 17.5 Å². The van der Waals surface area contributed by atoms with Crippen molar-refractivity contribution in [2.45, 2.75) is 31.7 Å². The minimum absolute atomic E-state index is 0.0993. The maximum atomic E-state index is 9.41. The van der Waals surface area contributed by atoms with Crippen LogP contribution in [0.5, 0.6) is 0 Å². The highest BCUT2D eigenvalue weighted by Gasteiger charge is 2.42. The van der Waals surface area contributed by atoms with Crippen LogP contribution in [0, 0.1) is 5.41 Å². The van der Waals surface area contributed by atoms with E-state index in [1.165, 1.54) is 0 Å². The van der Waals surface area contributed by atoms with E-state index >= 15 is 0 Å². The Morgan fingerprint density at radius 3 is 2.75 bits per heavy atom. The SMILES string of the molecule is CC1COC2(CCN(c3cc(N)n(O)c(=N)n3)CC2)O1. The largest absolute Gasteiger partial charge is 0.423 e. The molecule has 0 radical (unpaired) electrons. The third-order valence-electron chi connectivity index (χ3n) is 3.79. The second-order valence-corrected chi connectivity index (χ2v) is 5.31. The van der Waals surface area contributed by atoms with E-state index in [1.54, 1.807) is 6.07 Å². The van der Waals surface area contributed by atoms with Crippen LogP contribution in [0.4, 0.5) is 11.6 Å². The Balaban J connectivity index is 1.74. The fourth-order valence-corrected chi connectivity index (χ4v) is 2.71. The molecule has 0 bridgehead atoms. The Kier molecular flexibility index (Phi) is 3.06. The van der Waals surface area contributed by atoms with Crippen LogP contribution >= 0.6 is 0 Å². The Morgan fingerprint density at radius 1 is 1.50 bits per heavy atom. The van der Waals surface area contributed by atoms with Crippen LogP contribution < -0.4 is 16.3 Å². The minimum Gasteiger partial charge on any atom is -0.423 e. The minimum atomic E-state index is -0.461. The summed E-state index contributed by atoms with van der Waals surface area (Å²) in [4.78, 5) is 6.05. The second kappa shape index (κ2) is 4.64. The number of nitrogen functional groups attached to an aromatic ring is 1. The van der Waals surface area contributed by atoms with Crippen molar-refractivity contribution in [2.75, 3.05) is 30.3 Å². The zero-order valence-corrected chi connectivity index (χ0v) is 11.4. The molecule has 1 unspecified atom stereocenters. The van der Waals surface area contributed by atoms with Gasteiger partial charge in [-0.2, -0.15) is 4.98 Å². The molecule has 2 aliphatic heterocycles. The van der Waals surface area contributed by atoms with Gasteiger partial charge in [0.05, 0.1) is 12.7 Å². The van der Waals surface area contributed by atoms with Gasteiger partial charge in [-0.05, 0) is 6.92 Å². The van der Waals surface area contributed by atoms with Gasteiger partial charge in [0, 0.05) is 32.0 Å². The highest BCUT2D eigenvalue weighted by atomic mass is 16.7. The molecule has 110 valence electrons. The molecule has 1 aromatic rings. The van der Waals surface area contributed by atoms with Gasteiger partial charge in [0.2, 0.25) is 0 Å². The molecule has 20 heavy (non-hydrogen) atoms. The van der Waals surface area contributed by atoms with Crippen LogP contribution in [0.3, 0.4) is 0 Å². The molecule has 2 saturated heterocycles. The lowest BCUT2D eigenvalue weighted by atomic mass is 10.0. The fraction of sp³-hybridized carbons (Fsp3) is 0.667. The van der Waals surface area contributed by atoms with E-state index in [1.807, 2.05) is 11.8 Å². The number of nitrogens with zero attached hydrogens (tertiary/aromatic N) is 3. The molecule has 8 heteroatoms. The first kappa shape index (κ1) is 13.2. The fourth-order valence-electron chi connectivity index (χ4n) is 2.71. The number of nitrogens with one attached hydrogen (secondary N) is 1. The number of piperidine rings is 1. The Morgan fingerprint density at radius 2 is 2.20 bits per heavy atom. The summed E-state index contributed by atoms with van der Waals surface area (Å²) in [6.07, 6.45) is 1.64. The summed E-state index contributed by atoms with van der Waals surface area (Å²) in [5.41, 5.74) is 5.36. The molecule has 4 N–H and O–H groups in total. The van der Waals surface area contributed by atoms with E-state index in [2.05, 4.69) is 4.98 Å². The first-order valence-electron chi connectivity index (χ1n) is 6.69. The number of hydrogen-bond donors (Lipinski definition) is 3. The highest BCUT2D eigenvalue weighted by molar-refractivity contribution is 5.46. The quantitative estimate of drug-likeness (QED) is 0.621. The monoisotopic (exact) mass is 281 g/mol. The van der Waals surface area contributed by atoms with E-state index in [4.69, 9.17) is 20.6 Å². The molecule has 1 spiro atoms. The van der Waals surface area contributed by atoms with Crippen molar-refractivity contribution in [3.05, 3.63) is 11.7 Å². The normalized spacial score (nSPS) is 25.2. The van der Waals surface area contributed by atoms with Gasteiger partial charge in [-0.15, -0.1) is 4.73 Å². The van der Waals surface area contributed by atoms with Crippen LogP contribution in [-0.4, -0.2) is 46.5 Å². The van der Waals surface area contributed by atoms with Gasteiger partial charge in [-0.25, -0.2) is 0 Å². The van der Waals surface area contributed by atoms with Gasteiger partial charge in [-0.1, -0.05) is 0 Å². The van der Waals surface area contributed by atoms with Gasteiger partial charge >= 0.3 is 0 Å². The maximum Gasteiger partial charge on any atom is 0.259 e. The van der Waals surface area contributed by atoms with E-state index in [0.717, 1.165) is 12.8 Å². The summed E-state index contributed by atoms with van der Waals surface area (Å²) >= 11 is 0. The average molecular weight is 281 g/mol. The lowest BCUT2D eigenvalue weighted by molar-refractivity contribution is -0.178. The molecule has 3 heterocycles. The topological polar surface area (TPSA) is 110 Å². The highest BCUT2D eigenvalue weighted by Crippen LogP contribution is 2.34. The maximum absolute atomic E-state index is 9.41. The van der Waals surface area contributed by atoms with Gasteiger partial charge in [0.1, 0.15) is 11.6 Å². The summed E-state index contributed by atoms with van der Waals surface area (Å²) < 4.78 is 12.2. The van der Waals surface area contributed by atoms with Crippen molar-refractivity contribution >= 4 is 11.6 Å². The molecule has 0 aliphatic carbocycles. The Bertz CT molecular complexity index is 565. The molecule has 1 aromatic heterocycles. The number of nitrogens with two attached hydrogens (primary N) is 1. The predicted molar refractivity (Wildman–Crippen MR) is 70.4 cm³/mol. The number of anilines is 2. The van der Waals surface area contributed by atoms with Crippen molar-refractivity contribution in [3.8, 4) is 0 Å². The average Bonchev–Trinajstić information content (AvgIpc) is 2.77. The van der Waals surface area contributed by atoms with Crippen LogP contribution in [-0.2, 0) is 9.47 Å². The molecule has 0 amide bonds. The Hall–Kier alpha value is -1.80. The first-order chi connectivity index (χ1) is 9.49. The summed E-state index contributed by atoms with van der Waals surface area (Å²) in [5.74, 6) is 0.234. The van der Waals surface area contributed by atoms with Crippen molar-refractivity contribution < 1.29 is 14.7 Å². The van der Waals surface area contributed by atoms with Crippen LogP contribution in [0.25, 0.3) is 0 Å². The zero-order chi connectivity index (χ0) is 14.3. The first-order valence-corrected chi connectivity index (χ1v) is 6.69. The van der Waals surface area contributed by atoms with Crippen LogP contribution in [0.2, 0.25) is 0 Å². The molecule has 8 nitrogen and oxygen atoms in total. The van der Waals surface area contributed by atoms with E-state index in [9.17, 15) is 5.21 Å². The summed E-state index contributed by atoms with van der Waals surface area (Å²) in [6, 6.07) is 1.56. The van der Waals surface area contributed by atoms with Crippen molar-refractivity contribution in [2.24, 2.45) is 0 Å². The van der Waals surface area contributed by atoms with Gasteiger partial charge in [0.15, 0.2) is 5.79 Å². The molecule has 1 atom stereocenters. The van der Waals surface area contributed by atoms with Crippen LogP contribution in [0.1, 0.15) is 19.8 Å². The lowest BCUT2D eigenvalue weighted by Gasteiger charge is -2.38. The van der Waals surface area contributed by atoms with Gasteiger partial charge in [-0.3, -0.25) is 5.41 Å². The van der Waals surface area contributed by atoms with Crippen molar-refractivity contribution in [1.29, 1.82) is 5.41 Å². The smallest absolute Gasteiger partial charge is 0.259 e. The van der Waals surface area contributed by atoms with Gasteiger partial charge < -0.3 is 25.3 Å². The van der Waals surface area contributed by atoms with Crippen LogP contribution in [0.15, 0.2) is 6.07 Å².